The Labute approximate surface area is 136 Å². The Morgan fingerprint density at radius 3 is 2.43 bits per heavy atom. The highest BCUT2D eigenvalue weighted by atomic mass is 35.5. The molecule has 0 saturated heterocycles. The smallest absolute Gasteiger partial charge is 0.202 e. The Bertz CT molecular complexity index is 816. The van der Waals surface area contributed by atoms with E-state index in [2.05, 4.69) is 0 Å². The Morgan fingerprint density at radius 1 is 1.00 bits per heavy atom. The van der Waals surface area contributed by atoms with Gasteiger partial charge in [-0.25, -0.2) is 0 Å². The Kier molecular flexibility index (Phi) is 3.94. The summed E-state index contributed by atoms with van der Waals surface area (Å²) in [6.07, 6.45) is 0.0893. The first-order valence-corrected chi connectivity index (χ1v) is 7.33. The predicted octanol–water partition coefficient (Wildman–Crippen LogP) is 5.82. The molecular weight excluding hydrogens is 331 g/mol. The molecular formula is C16H9Cl3O2. The van der Waals surface area contributed by atoms with E-state index in [1.807, 2.05) is 0 Å². The number of benzene rings is 2. The lowest BCUT2D eigenvalue weighted by molar-refractivity contribution is 0.0968. The fourth-order valence-corrected chi connectivity index (χ4v) is 2.81. The minimum Gasteiger partial charge on any atom is -0.453 e. The second-order valence-electron chi connectivity index (χ2n) is 4.59. The topological polar surface area (TPSA) is 30.2 Å². The number of carbonyl (C=O) groups is 1. The number of Topliss-reactive ketones (excluding diaryl/α,β-unsaturated/α-hetero) is 1. The summed E-state index contributed by atoms with van der Waals surface area (Å²) < 4.78 is 5.54. The molecule has 3 rings (SSSR count). The van der Waals surface area contributed by atoms with E-state index in [1.54, 1.807) is 42.5 Å². The van der Waals surface area contributed by atoms with Crippen LogP contribution in [-0.4, -0.2) is 5.78 Å². The molecule has 0 radical (unpaired) electrons. The molecule has 5 heteroatoms. The fraction of sp³-hybridized carbons (Fsp3) is 0.0625. The van der Waals surface area contributed by atoms with Crippen LogP contribution in [0.1, 0.15) is 16.1 Å². The van der Waals surface area contributed by atoms with Crippen molar-refractivity contribution in [1.82, 2.24) is 0 Å². The van der Waals surface area contributed by atoms with Gasteiger partial charge in [0, 0.05) is 26.9 Å². The van der Waals surface area contributed by atoms with E-state index in [0.29, 0.717) is 26.2 Å². The van der Waals surface area contributed by atoms with Gasteiger partial charge in [0.05, 0.1) is 0 Å². The molecule has 0 aliphatic rings. The maximum Gasteiger partial charge on any atom is 0.202 e. The summed E-state index contributed by atoms with van der Waals surface area (Å²) in [6, 6.07) is 12.0. The quantitative estimate of drug-likeness (QED) is 0.563. The molecule has 0 bridgehead atoms. The molecule has 0 atom stereocenters. The Hall–Kier alpha value is -1.48. The lowest BCUT2D eigenvalue weighted by Gasteiger charge is -2.04. The van der Waals surface area contributed by atoms with E-state index in [1.165, 1.54) is 0 Å². The van der Waals surface area contributed by atoms with Crippen molar-refractivity contribution in [3.8, 4) is 0 Å². The van der Waals surface area contributed by atoms with Gasteiger partial charge < -0.3 is 4.42 Å². The van der Waals surface area contributed by atoms with Gasteiger partial charge >= 0.3 is 0 Å². The SMILES string of the molecule is O=C(Cc1c(Cl)cccc1Cl)c1cc2cc(Cl)ccc2o1. The van der Waals surface area contributed by atoms with Crippen LogP contribution < -0.4 is 0 Å². The zero-order valence-electron chi connectivity index (χ0n) is 10.7. The number of hydrogen-bond donors (Lipinski definition) is 0. The van der Waals surface area contributed by atoms with Gasteiger partial charge in [0.1, 0.15) is 5.58 Å². The van der Waals surface area contributed by atoms with Gasteiger partial charge in [-0.3, -0.25) is 4.79 Å². The van der Waals surface area contributed by atoms with Crippen molar-refractivity contribution in [2.24, 2.45) is 0 Å². The molecule has 0 N–H and O–H groups in total. The largest absolute Gasteiger partial charge is 0.453 e. The van der Waals surface area contributed by atoms with Crippen molar-refractivity contribution in [3.63, 3.8) is 0 Å². The van der Waals surface area contributed by atoms with Gasteiger partial charge in [-0.2, -0.15) is 0 Å². The van der Waals surface area contributed by atoms with E-state index >= 15 is 0 Å². The van der Waals surface area contributed by atoms with Crippen molar-refractivity contribution in [1.29, 1.82) is 0 Å². The lowest BCUT2D eigenvalue weighted by atomic mass is 10.1. The van der Waals surface area contributed by atoms with E-state index in [9.17, 15) is 4.79 Å². The molecule has 1 heterocycles. The molecule has 2 aromatic carbocycles. The monoisotopic (exact) mass is 338 g/mol. The molecule has 0 amide bonds. The molecule has 0 spiro atoms. The molecule has 21 heavy (non-hydrogen) atoms. The van der Waals surface area contributed by atoms with E-state index < -0.39 is 0 Å². The molecule has 3 aromatic rings. The summed E-state index contributed by atoms with van der Waals surface area (Å²) in [7, 11) is 0. The number of rotatable bonds is 3. The van der Waals surface area contributed by atoms with E-state index in [4.69, 9.17) is 39.2 Å². The normalized spacial score (nSPS) is 11.0. The second-order valence-corrected chi connectivity index (χ2v) is 5.84. The molecule has 0 saturated carbocycles. The van der Waals surface area contributed by atoms with Gasteiger partial charge in [0.15, 0.2) is 5.76 Å². The third-order valence-electron chi connectivity index (χ3n) is 3.15. The number of furan rings is 1. The summed E-state index contributed by atoms with van der Waals surface area (Å²) in [5.41, 5.74) is 1.22. The molecule has 1 aromatic heterocycles. The molecule has 0 aliphatic heterocycles. The predicted molar refractivity (Wildman–Crippen MR) is 85.7 cm³/mol. The summed E-state index contributed by atoms with van der Waals surface area (Å²) in [6.45, 7) is 0. The first-order valence-electron chi connectivity index (χ1n) is 6.20. The number of hydrogen-bond acceptors (Lipinski definition) is 2. The Balaban J connectivity index is 1.94. The standard InChI is InChI=1S/C16H9Cl3O2/c17-10-4-5-15-9(6-10)7-16(21-15)14(20)8-11-12(18)2-1-3-13(11)19/h1-7H,8H2. The average molecular weight is 340 g/mol. The van der Waals surface area contributed by atoms with Crippen molar-refractivity contribution in [2.75, 3.05) is 0 Å². The van der Waals surface area contributed by atoms with Crippen LogP contribution in [0.15, 0.2) is 46.9 Å². The van der Waals surface area contributed by atoms with Crippen molar-refractivity contribution in [3.05, 3.63) is 68.9 Å². The number of fused-ring (bicyclic) bond motifs is 1. The van der Waals surface area contributed by atoms with Crippen molar-refractivity contribution < 1.29 is 9.21 Å². The maximum absolute atomic E-state index is 12.3. The average Bonchev–Trinajstić information content (AvgIpc) is 2.86. The third kappa shape index (κ3) is 2.93. The number of halogens is 3. The highest BCUT2D eigenvalue weighted by Crippen LogP contribution is 2.28. The van der Waals surface area contributed by atoms with Gasteiger partial charge in [-0.1, -0.05) is 40.9 Å². The van der Waals surface area contributed by atoms with Crippen LogP contribution in [-0.2, 0) is 6.42 Å². The van der Waals surface area contributed by atoms with Crippen LogP contribution in [0.25, 0.3) is 11.0 Å². The summed E-state index contributed by atoms with van der Waals surface area (Å²) in [4.78, 5) is 12.3. The molecule has 0 unspecified atom stereocenters. The first-order chi connectivity index (χ1) is 10.0. The van der Waals surface area contributed by atoms with E-state index in [0.717, 1.165) is 5.39 Å². The van der Waals surface area contributed by atoms with Gasteiger partial charge in [0.25, 0.3) is 0 Å². The highest BCUT2D eigenvalue weighted by Gasteiger charge is 2.16. The Morgan fingerprint density at radius 2 is 1.71 bits per heavy atom. The number of ketones is 1. The van der Waals surface area contributed by atoms with Crippen LogP contribution in [0.4, 0.5) is 0 Å². The zero-order valence-corrected chi connectivity index (χ0v) is 13.0. The van der Waals surface area contributed by atoms with Crippen LogP contribution in [0, 0.1) is 0 Å². The van der Waals surface area contributed by atoms with Gasteiger partial charge in [-0.05, 0) is 42.0 Å². The van der Waals surface area contributed by atoms with Crippen molar-refractivity contribution >= 4 is 51.6 Å². The summed E-state index contributed by atoms with van der Waals surface area (Å²) in [5.74, 6) is 0.0839. The van der Waals surface area contributed by atoms with Crippen LogP contribution in [0.3, 0.4) is 0 Å². The number of carbonyl (C=O) groups excluding carboxylic acids is 1. The summed E-state index contributed by atoms with van der Waals surface area (Å²) >= 11 is 18.1. The van der Waals surface area contributed by atoms with Crippen LogP contribution in [0.2, 0.25) is 15.1 Å². The highest BCUT2D eigenvalue weighted by molar-refractivity contribution is 6.36. The van der Waals surface area contributed by atoms with Crippen molar-refractivity contribution in [2.45, 2.75) is 6.42 Å². The second kappa shape index (κ2) is 5.72. The molecule has 0 fully saturated rings. The minimum atomic E-state index is -0.183. The molecule has 0 aliphatic carbocycles. The first kappa shape index (κ1) is 14.5. The van der Waals surface area contributed by atoms with E-state index in [-0.39, 0.29) is 18.0 Å². The molecule has 106 valence electrons. The van der Waals surface area contributed by atoms with Crippen LogP contribution in [0.5, 0.6) is 0 Å². The van der Waals surface area contributed by atoms with Gasteiger partial charge in [-0.15, -0.1) is 0 Å². The van der Waals surface area contributed by atoms with Crippen LogP contribution >= 0.6 is 34.8 Å². The maximum atomic E-state index is 12.3. The third-order valence-corrected chi connectivity index (χ3v) is 4.10. The van der Waals surface area contributed by atoms with Gasteiger partial charge in [0.2, 0.25) is 5.78 Å². The summed E-state index contributed by atoms with van der Waals surface area (Å²) in [5, 5.41) is 2.32. The lowest BCUT2D eigenvalue weighted by Crippen LogP contribution is -2.03. The fourth-order valence-electron chi connectivity index (χ4n) is 2.10. The zero-order chi connectivity index (χ0) is 15.0. The molecule has 2 nitrogen and oxygen atoms in total. The minimum absolute atomic E-state index is 0.0893.